The van der Waals surface area contributed by atoms with Crippen molar-refractivity contribution in [3.63, 3.8) is 0 Å². The standard InChI is InChI=1S/C16H16N6O3/c1-11(22-9-13(7-18-22)15(24)25)14(23)19-16-17-10-21(20-16)8-12-5-3-2-4-6-12/h2-7,9-11H,8H2,1H3,(H,24,25)(H,19,20,23). The molecule has 128 valence electrons. The summed E-state index contributed by atoms with van der Waals surface area (Å²) >= 11 is 0. The maximum atomic E-state index is 12.3. The molecule has 1 atom stereocenters. The molecule has 0 saturated heterocycles. The fourth-order valence-electron chi connectivity index (χ4n) is 2.19. The van der Waals surface area contributed by atoms with E-state index in [9.17, 15) is 9.59 Å². The quantitative estimate of drug-likeness (QED) is 0.701. The lowest BCUT2D eigenvalue weighted by atomic mass is 10.2. The zero-order valence-electron chi connectivity index (χ0n) is 13.4. The van der Waals surface area contributed by atoms with E-state index in [1.165, 1.54) is 23.4 Å². The molecular formula is C16H16N6O3. The number of hydrogen-bond acceptors (Lipinski definition) is 5. The summed E-state index contributed by atoms with van der Waals surface area (Å²) in [7, 11) is 0. The second-order valence-electron chi connectivity index (χ2n) is 5.43. The number of benzene rings is 1. The molecule has 1 unspecified atom stereocenters. The number of anilines is 1. The van der Waals surface area contributed by atoms with E-state index in [1.54, 1.807) is 11.6 Å². The van der Waals surface area contributed by atoms with Gasteiger partial charge in [0.25, 0.3) is 5.91 Å². The van der Waals surface area contributed by atoms with Gasteiger partial charge in [0.2, 0.25) is 5.95 Å². The fourth-order valence-corrected chi connectivity index (χ4v) is 2.19. The average molecular weight is 340 g/mol. The van der Waals surface area contributed by atoms with Gasteiger partial charge in [-0.25, -0.2) is 14.5 Å². The molecule has 0 radical (unpaired) electrons. The van der Waals surface area contributed by atoms with Gasteiger partial charge in [-0.05, 0) is 12.5 Å². The third-order valence-corrected chi connectivity index (χ3v) is 3.58. The first-order valence-electron chi connectivity index (χ1n) is 7.54. The minimum atomic E-state index is -1.10. The average Bonchev–Trinajstić information content (AvgIpc) is 3.25. The number of nitrogens with zero attached hydrogens (tertiary/aromatic N) is 5. The topological polar surface area (TPSA) is 115 Å². The van der Waals surface area contributed by atoms with Crippen LogP contribution in [-0.2, 0) is 11.3 Å². The Hall–Kier alpha value is -3.49. The fraction of sp³-hybridized carbons (Fsp3) is 0.188. The molecule has 25 heavy (non-hydrogen) atoms. The highest BCUT2D eigenvalue weighted by molar-refractivity contribution is 5.92. The van der Waals surface area contributed by atoms with E-state index < -0.39 is 17.9 Å². The first-order chi connectivity index (χ1) is 12.0. The van der Waals surface area contributed by atoms with Crippen LogP contribution >= 0.6 is 0 Å². The maximum absolute atomic E-state index is 12.3. The molecule has 0 aliphatic rings. The Kier molecular flexibility index (Phi) is 4.55. The Bertz CT molecular complexity index is 886. The van der Waals surface area contributed by atoms with E-state index in [1.807, 2.05) is 30.3 Å². The highest BCUT2D eigenvalue weighted by atomic mass is 16.4. The van der Waals surface area contributed by atoms with Crippen molar-refractivity contribution in [3.8, 4) is 0 Å². The van der Waals surface area contributed by atoms with Gasteiger partial charge in [-0.1, -0.05) is 30.3 Å². The van der Waals surface area contributed by atoms with Crippen molar-refractivity contribution in [1.82, 2.24) is 24.5 Å². The normalized spacial score (nSPS) is 11.9. The van der Waals surface area contributed by atoms with E-state index in [2.05, 4.69) is 20.5 Å². The van der Waals surface area contributed by atoms with E-state index in [-0.39, 0.29) is 11.5 Å². The molecule has 0 aliphatic carbocycles. The van der Waals surface area contributed by atoms with Crippen LogP contribution in [0.25, 0.3) is 0 Å². The third-order valence-electron chi connectivity index (χ3n) is 3.58. The molecule has 0 saturated carbocycles. The summed E-state index contributed by atoms with van der Waals surface area (Å²) in [6.45, 7) is 2.15. The third kappa shape index (κ3) is 3.89. The second kappa shape index (κ2) is 6.95. The Morgan fingerprint density at radius 3 is 2.72 bits per heavy atom. The summed E-state index contributed by atoms with van der Waals surface area (Å²) in [6, 6.07) is 9.05. The van der Waals surface area contributed by atoms with E-state index in [0.717, 1.165) is 5.56 Å². The van der Waals surface area contributed by atoms with Crippen LogP contribution in [0, 0.1) is 0 Å². The molecule has 3 aromatic rings. The molecule has 2 aromatic heterocycles. The molecule has 1 aromatic carbocycles. The molecule has 9 heteroatoms. The summed E-state index contributed by atoms with van der Waals surface area (Å²) < 4.78 is 2.89. The first-order valence-corrected chi connectivity index (χ1v) is 7.54. The van der Waals surface area contributed by atoms with Gasteiger partial charge in [-0.2, -0.15) is 5.10 Å². The largest absolute Gasteiger partial charge is 0.478 e. The van der Waals surface area contributed by atoms with Gasteiger partial charge in [0.15, 0.2) is 0 Å². The van der Waals surface area contributed by atoms with Gasteiger partial charge >= 0.3 is 5.97 Å². The van der Waals surface area contributed by atoms with Crippen molar-refractivity contribution in [3.05, 3.63) is 60.2 Å². The number of aromatic carboxylic acids is 1. The molecular weight excluding hydrogens is 324 g/mol. The highest BCUT2D eigenvalue weighted by Gasteiger charge is 2.19. The predicted octanol–water partition coefficient (Wildman–Crippen LogP) is 1.42. The predicted molar refractivity (Wildman–Crippen MR) is 88.1 cm³/mol. The summed E-state index contributed by atoms with van der Waals surface area (Å²) in [4.78, 5) is 27.2. The summed E-state index contributed by atoms with van der Waals surface area (Å²) in [6.07, 6.45) is 4.02. The summed E-state index contributed by atoms with van der Waals surface area (Å²) in [5, 5.41) is 19.6. The van der Waals surface area contributed by atoms with Crippen molar-refractivity contribution in [2.24, 2.45) is 0 Å². The first kappa shape index (κ1) is 16.4. The number of carbonyl (C=O) groups excluding carboxylic acids is 1. The number of rotatable bonds is 6. The van der Waals surface area contributed by atoms with Crippen LogP contribution in [0.1, 0.15) is 28.9 Å². The van der Waals surface area contributed by atoms with Gasteiger partial charge in [-0.15, -0.1) is 5.10 Å². The zero-order chi connectivity index (χ0) is 17.8. The molecule has 2 heterocycles. The second-order valence-corrected chi connectivity index (χ2v) is 5.43. The van der Waals surface area contributed by atoms with Crippen LogP contribution in [0.3, 0.4) is 0 Å². The van der Waals surface area contributed by atoms with Crippen LogP contribution in [0.4, 0.5) is 5.95 Å². The van der Waals surface area contributed by atoms with Gasteiger partial charge in [0.05, 0.1) is 18.3 Å². The van der Waals surface area contributed by atoms with Crippen LogP contribution < -0.4 is 5.32 Å². The molecule has 0 spiro atoms. The molecule has 0 aliphatic heterocycles. The maximum Gasteiger partial charge on any atom is 0.338 e. The van der Waals surface area contributed by atoms with Gasteiger partial charge in [0, 0.05) is 6.20 Å². The Balaban J connectivity index is 1.63. The van der Waals surface area contributed by atoms with Crippen LogP contribution in [0.5, 0.6) is 0 Å². The van der Waals surface area contributed by atoms with E-state index in [0.29, 0.717) is 6.54 Å². The number of amides is 1. The smallest absolute Gasteiger partial charge is 0.338 e. The minimum Gasteiger partial charge on any atom is -0.478 e. The number of hydrogen-bond donors (Lipinski definition) is 2. The Labute approximate surface area is 142 Å². The van der Waals surface area contributed by atoms with Crippen LogP contribution in [0.15, 0.2) is 49.1 Å². The van der Waals surface area contributed by atoms with Crippen LogP contribution in [0.2, 0.25) is 0 Å². The molecule has 1 amide bonds. The lowest BCUT2D eigenvalue weighted by Gasteiger charge is -2.10. The SMILES string of the molecule is CC(C(=O)Nc1ncn(Cc2ccccc2)n1)n1cc(C(=O)O)cn1. The van der Waals surface area contributed by atoms with Gasteiger partial charge in [-0.3, -0.25) is 14.8 Å². The lowest BCUT2D eigenvalue weighted by molar-refractivity contribution is -0.119. The van der Waals surface area contributed by atoms with Crippen molar-refractivity contribution in [1.29, 1.82) is 0 Å². The molecule has 9 nitrogen and oxygen atoms in total. The number of nitrogens with one attached hydrogen (secondary N) is 1. The summed E-state index contributed by atoms with van der Waals surface area (Å²) in [5.74, 6) is -1.31. The van der Waals surface area contributed by atoms with Crippen molar-refractivity contribution in [2.75, 3.05) is 5.32 Å². The Morgan fingerprint density at radius 2 is 2.04 bits per heavy atom. The number of carbonyl (C=O) groups is 2. The van der Waals surface area contributed by atoms with Crippen molar-refractivity contribution >= 4 is 17.8 Å². The molecule has 0 fully saturated rings. The van der Waals surface area contributed by atoms with Gasteiger partial charge < -0.3 is 5.11 Å². The molecule has 0 bridgehead atoms. The minimum absolute atomic E-state index is 0.0184. The zero-order valence-corrected chi connectivity index (χ0v) is 13.4. The van der Waals surface area contributed by atoms with E-state index >= 15 is 0 Å². The number of carboxylic acid groups (broad SMARTS) is 1. The lowest BCUT2D eigenvalue weighted by Crippen LogP contribution is -2.24. The highest BCUT2D eigenvalue weighted by Crippen LogP contribution is 2.10. The number of carboxylic acids is 1. The molecule has 2 N–H and O–H groups in total. The van der Waals surface area contributed by atoms with Crippen molar-refractivity contribution in [2.45, 2.75) is 19.5 Å². The van der Waals surface area contributed by atoms with Gasteiger partial charge in [0.1, 0.15) is 12.4 Å². The summed E-state index contributed by atoms with van der Waals surface area (Å²) in [5.41, 5.74) is 1.08. The van der Waals surface area contributed by atoms with Crippen LogP contribution in [-0.4, -0.2) is 41.5 Å². The Morgan fingerprint density at radius 1 is 1.28 bits per heavy atom. The van der Waals surface area contributed by atoms with E-state index in [4.69, 9.17) is 5.11 Å². The monoisotopic (exact) mass is 340 g/mol. The van der Waals surface area contributed by atoms with Crippen molar-refractivity contribution < 1.29 is 14.7 Å². The molecule has 3 rings (SSSR count). The number of aromatic nitrogens is 5.